The molecule has 2 fully saturated rings. The summed E-state index contributed by atoms with van der Waals surface area (Å²) >= 11 is 0. The molecular weight excluding hydrogens is 336 g/mol. The van der Waals surface area contributed by atoms with Crippen LogP contribution in [0.1, 0.15) is 40.0 Å². The summed E-state index contributed by atoms with van der Waals surface area (Å²) in [4.78, 5) is 23.7. The largest absolute Gasteiger partial charge is 0.499 e. The van der Waals surface area contributed by atoms with Crippen LogP contribution >= 0.6 is 0 Å². The van der Waals surface area contributed by atoms with Gasteiger partial charge in [0.15, 0.2) is 0 Å². The van der Waals surface area contributed by atoms with Crippen molar-refractivity contribution in [2.75, 3.05) is 0 Å². The lowest BCUT2D eigenvalue weighted by molar-refractivity contribution is -0.138. The number of hydrogen-bond donors (Lipinski definition) is 0. The van der Waals surface area contributed by atoms with Gasteiger partial charge in [0, 0.05) is 25.1 Å². The minimum absolute atomic E-state index is 0.288. The Hall–Kier alpha value is -1.66. The number of carbonyl (C=O) groups is 2. The van der Waals surface area contributed by atoms with Gasteiger partial charge in [0.2, 0.25) is 0 Å². The molecule has 1 heterocycles. The molecule has 0 radical (unpaired) electrons. The van der Waals surface area contributed by atoms with Crippen LogP contribution in [0, 0.1) is 11.8 Å². The number of hydrogen-bond acceptors (Lipinski definition) is 5. The maximum Gasteiger partial charge on any atom is 0.499 e. The van der Waals surface area contributed by atoms with Crippen molar-refractivity contribution >= 4 is 25.7 Å². The van der Waals surface area contributed by atoms with Crippen molar-refractivity contribution in [1.82, 2.24) is 0 Å². The van der Waals surface area contributed by atoms with E-state index in [0.717, 1.165) is 24.4 Å². The number of ether oxygens (including phenoxy) is 1. The molecule has 0 amide bonds. The third-order valence-electron chi connectivity index (χ3n) is 5.27. The Bertz CT molecular complexity index is 616. The van der Waals surface area contributed by atoms with Crippen LogP contribution in [-0.2, 0) is 23.2 Å². The molecule has 1 saturated carbocycles. The van der Waals surface area contributed by atoms with Crippen LogP contribution in [0.4, 0.5) is 0 Å². The molecule has 1 aromatic carbocycles. The summed E-state index contributed by atoms with van der Waals surface area (Å²) < 4.78 is 17.2. The summed E-state index contributed by atoms with van der Waals surface area (Å²) in [6.45, 7) is 4.93. The normalized spacial score (nSPS) is 26.3. The Morgan fingerprint density at radius 2 is 1.76 bits per heavy atom. The molecule has 0 N–H and O–H groups in total. The predicted molar refractivity (Wildman–Crippen MR) is 95.3 cm³/mol. The quantitative estimate of drug-likeness (QED) is 0.575. The van der Waals surface area contributed by atoms with Gasteiger partial charge < -0.3 is 13.6 Å². The molecule has 1 aliphatic heterocycles. The molecule has 5 nitrogen and oxygen atoms in total. The molecule has 25 heavy (non-hydrogen) atoms. The molecular formula is C19H26O5Si. The van der Waals surface area contributed by atoms with Crippen LogP contribution in [0.25, 0.3) is 0 Å². The Balaban J connectivity index is 1.85. The molecule has 1 aromatic rings. The minimum Gasteiger partial charge on any atom is -0.482 e. The van der Waals surface area contributed by atoms with Crippen LogP contribution in [0.5, 0.6) is 0 Å². The molecule has 6 heteroatoms. The predicted octanol–water partition coefficient (Wildman–Crippen LogP) is 2.67. The lowest BCUT2D eigenvalue weighted by Crippen LogP contribution is -2.57. The first-order valence-electron chi connectivity index (χ1n) is 9.00. The lowest BCUT2D eigenvalue weighted by atomic mass is 9.82. The summed E-state index contributed by atoms with van der Waals surface area (Å²) in [6.07, 6.45) is 4.12. The van der Waals surface area contributed by atoms with Gasteiger partial charge in [-0.05, 0) is 31.1 Å². The third kappa shape index (κ3) is 4.30. The lowest BCUT2D eigenvalue weighted by Gasteiger charge is -2.34. The van der Waals surface area contributed by atoms with Gasteiger partial charge in [-0.2, -0.15) is 0 Å². The maximum absolute atomic E-state index is 11.8. The van der Waals surface area contributed by atoms with Crippen molar-refractivity contribution in [2.45, 2.75) is 58.3 Å². The topological polar surface area (TPSA) is 65.1 Å². The van der Waals surface area contributed by atoms with Gasteiger partial charge in [0.25, 0.3) is 11.9 Å². The van der Waals surface area contributed by atoms with Gasteiger partial charge in [-0.1, -0.05) is 37.3 Å². The number of epoxide rings is 1. The van der Waals surface area contributed by atoms with E-state index in [1.807, 2.05) is 30.3 Å². The zero-order valence-corrected chi connectivity index (χ0v) is 16.1. The second kappa shape index (κ2) is 7.29. The second-order valence-electron chi connectivity index (χ2n) is 7.27. The van der Waals surface area contributed by atoms with E-state index in [1.165, 1.54) is 13.8 Å². The van der Waals surface area contributed by atoms with E-state index in [4.69, 9.17) is 13.6 Å². The van der Waals surface area contributed by atoms with E-state index in [-0.39, 0.29) is 5.92 Å². The highest BCUT2D eigenvalue weighted by atomic mass is 28.4. The van der Waals surface area contributed by atoms with Gasteiger partial charge in [-0.25, -0.2) is 0 Å². The van der Waals surface area contributed by atoms with Crippen molar-refractivity contribution in [3.8, 4) is 0 Å². The first kappa shape index (κ1) is 18.1. The Labute approximate surface area is 149 Å². The highest BCUT2D eigenvalue weighted by Gasteiger charge is 2.51. The summed E-state index contributed by atoms with van der Waals surface area (Å²) in [5, 5.41) is 0.823. The van der Waals surface area contributed by atoms with Gasteiger partial charge in [0.1, 0.15) is 0 Å². The summed E-state index contributed by atoms with van der Waals surface area (Å²) in [6, 6.07) is 10.0. The average molecular weight is 362 g/mol. The molecule has 2 aliphatic rings. The SMILES string of the molecule is CC(=O)O[Si](CC(C)C1CCC2OC2C1)(OC(C)=O)c1ccccc1. The molecule has 136 valence electrons. The van der Waals surface area contributed by atoms with E-state index in [0.29, 0.717) is 24.2 Å². The Morgan fingerprint density at radius 3 is 2.32 bits per heavy atom. The summed E-state index contributed by atoms with van der Waals surface area (Å²) in [5.74, 6) is -0.0161. The van der Waals surface area contributed by atoms with E-state index < -0.39 is 20.5 Å². The molecule has 0 bridgehead atoms. The van der Waals surface area contributed by atoms with E-state index in [9.17, 15) is 9.59 Å². The number of carbonyl (C=O) groups excluding carboxylic acids is 2. The fraction of sp³-hybridized carbons (Fsp3) is 0.579. The van der Waals surface area contributed by atoms with Crippen LogP contribution in [0.2, 0.25) is 6.04 Å². The molecule has 4 atom stereocenters. The van der Waals surface area contributed by atoms with Crippen molar-refractivity contribution < 1.29 is 23.2 Å². The first-order chi connectivity index (χ1) is 11.9. The van der Waals surface area contributed by atoms with Crippen molar-refractivity contribution in [3.63, 3.8) is 0 Å². The number of benzene rings is 1. The molecule has 0 spiro atoms. The van der Waals surface area contributed by atoms with Crippen LogP contribution in [0.15, 0.2) is 30.3 Å². The van der Waals surface area contributed by atoms with Crippen LogP contribution < -0.4 is 5.19 Å². The zero-order chi connectivity index (χ0) is 18.0. The second-order valence-corrected chi connectivity index (χ2v) is 10.2. The maximum atomic E-state index is 11.8. The van der Waals surface area contributed by atoms with E-state index in [2.05, 4.69) is 6.92 Å². The minimum atomic E-state index is -3.19. The highest BCUT2D eigenvalue weighted by Crippen LogP contribution is 2.43. The first-order valence-corrected chi connectivity index (χ1v) is 11.0. The molecule has 1 aliphatic carbocycles. The zero-order valence-electron chi connectivity index (χ0n) is 15.1. The molecule has 3 rings (SSSR count). The molecule has 0 aromatic heterocycles. The standard InChI is InChI=1S/C19H26O5Si/c1-13(16-9-10-18-19(11-16)22-18)12-25(23-14(2)20,24-15(3)21)17-7-5-4-6-8-17/h4-8,13,16,18-19H,9-12H2,1-3H3. The van der Waals surface area contributed by atoms with Gasteiger partial charge in [-0.15, -0.1) is 0 Å². The number of rotatable bonds is 6. The van der Waals surface area contributed by atoms with Crippen molar-refractivity contribution in [3.05, 3.63) is 30.3 Å². The molecule has 4 unspecified atom stereocenters. The highest BCUT2D eigenvalue weighted by molar-refractivity contribution is 6.83. The van der Waals surface area contributed by atoms with Crippen molar-refractivity contribution in [2.24, 2.45) is 11.8 Å². The fourth-order valence-corrected chi connectivity index (χ4v) is 7.53. The summed E-state index contributed by atoms with van der Waals surface area (Å²) in [5.41, 5.74) is 0. The van der Waals surface area contributed by atoms with E-state index >= 15 is 0 Å². The smallest absolute Gasteiger partial charge is 0.482 e. The van der Waals surface area contributed by atoms with Gasteiger partial charge in [0.05, 0.1) is 12.2 Å². The van der Waals surface area contributed by atoms with Gasteiger partial charge >= 0.3 is 8.56 Å². The Morgan fingerprint density at radius 1 is 1.12 bits per heavy atom. The number of fused-ring (bicyclic) bond motifs is 1. The van der Waals surface area contributed by atoms with Crippen LogP contribution in [0.3, 0.4) is 0 Å². The Kier molecular flexibility index (Phi) is 5.29. The van der Waals surface area contributed by atoms with E-state index in [1.54, 1.807) is 0 Å². The summed E-state index contributed by atoms with van der Waals surface area (Å²) in [7, 11) is -3.19. The van der Waals surface area contributed by atoms with Crippen molar-refractivity contribution in [1.29, 1.82) is 0 Å². The molecule has 1 saturated heterocycles. The monoisotopic (exact) mass is 362 g/mol. The average Bonchev–Trinajstić information content (AvgIpc) is 3.32. The van der Waals surface area contributed by atoms with Crippen LogP contribution in [-0.4, -0.2) is 32.7 Å². The fourth-order valence-electron chi connectivity index (χ4n) is 4.04. The third-order valence-corrected chi connectivity index (χ3v) is 8.90. The van der Waals surface area contributed by atoms with Gasteiger partial charge in [-0.3, -0.25) is 9.59 Å².